The van der Waals surface area contributed by atoms with Crippen molar-refractivity contribution in [2.75, 3.05) is 11.6 Å². The minimum Gasteiger partial charge on any atom is -0.313 e. The quantitative estimate of drug-likeness (QED) is 0.835. The summed E-state index contributed by atoms with van der Waals surface area (Å²) in [6, 6.07) is 9.33. The number of anilines is 1. The Morgan fingerprint density at radius 1 is 1.23 bits per heavy atom. The van der Waals surface area contributed by atoms with Crippen LogP contribution < -0.4 is 5.01 Å². The number of para-hydroxylation sites is 1. The molecule has 1 aromatic carbocycles. The lowest BCUT2D eigenvalue weighted by atomic mass is 10.00. The van der Waals surface area contributed by atoms with Crippen LogP contribution >= 0.6 is 11.8 Å². The lowest BCUT2D eigenvalue weighted by molar-refractivity contribution is -0.120. The topological polar surface area (TPSA) is 65.3 Å². The molecule has 3 aliphatic heterocycles. The molecule has 22 heavy (non-hydrogen) atoms. The SMILES string of the molecule is CC1=NN(c2ccccc2)C(=O)C1C1=CSC2=NC(=O)CN12. The van der Waals surface area contributed by atoms with Crippen molar-refractivity contribution in [2.24, 2.45) is 16.0 Å². The van der Waals surface area contributed by atoms with E-state index >= 15 is 0 Å². The van der Waals surface area contributed by atoms with Crippen LogP contribution in [-0.2, 0) is 9.59 Å². The van der Waals surface area contributed by atoms with Crippen LogP contribution in [0.1, 0.15) is 6.92 Å². The van der Waals surface area contributed by atoms with Crippen molar-refractivity contribution in [3.8, 4) is 0 Å². The Balaban J connectivity index is 1.65. The first-order valence-corrected chi connectivity index (χ1v) is 7.73. The van der Waals surface area contributed by atoms with E-state index in [1.165, 1.54) is 16.8 Å². The lowest BCUT2D eigenvalue weighted by Gasteiger charge is -2.21. The third-order valence-electron chi connectivity index (χ3n) is 3.77. The number of fused-ring (bicyclic) bond motifs is 1. The molecule has 0 bridgehead atoms. The van der Waals surface area contributed by atoms with Crippen LogP contribution in [0.4, 0.5) is 5.69 Å². The molecule has 0 saturated carbocycles. The van der Waals surface area contributed by atoms with Crippen molar-refractivity contribution < 1.29 is 9.59 Å². The van der Waals surface area contributed by atoms with E-state index < -0.39 is 5.92 Å². The molecule has 6 nitrogen and oxygen atoms in total. The Labute approximate surface area is 131 Å². The number of amidine groups is 1. The predicted octanol–water partition coefficient (Wildman–Crippen LogP) is 1.81. The van der Waals surface area contributed by atoms with E-state index in [1.807, 2.05) is 47.6 Å². The number of hydrazone groups is 1. The maximum Gasteiger partial charge on any atom is 0.268 e. The molecule has 0 fully saturated rings. The summed E-state index contributed by atoms with van der Waals surface area (Å²) in [6.07, 6.45) is 0. The van der Waals surface area contributed by atoms with Crippen molar-refractivity contribution in [3.05, 3.63) is 41.4 Å². The molecule has 1 unspecified atom stereocenters. The van der Waals surface area contributed by atoms with Gasteiger partial charge in [-0.1, -0.05) is 30.0 Å². The second kappa shape index (κ2) is 4.81. The number of benzene rings is 1. The summed E-state index contributed by atoms with van der Waals surface area (Å²) in [7, 11) is 0. The van der Waals surface area contributed by atoms with Crippen LogP contribution in [0.2, 0.25) is 0 Å². The predicted molar refractivity (Wildman–Crippen MR) is 85.3 cm³/mol. The number of hydrogen-bond donors (Lipinski definition) is 0. The number of nitrogens with zero attached hydrogens (tertiary/aromatic N) is 4. The van der Waals surface area contributed by atoms with Crippen LogP contribution in [0, 0.1) is 5.92 Å². The van der Waals surface area contributed by atoms with Gasteiger partial charge in [-0.2, -0.15) is 15.1 Å². The van der Waals surface area contributed by atoms with Crippen LogP contribution in [0.3, 0.4) is 0 Å². The van der Waals surface area contributed by atoms with Crippen molar-refractivity contribution in [3.63, 3.8) is 0 Å². The molecular formula is C15H12N4O2S. The van der Waals surface area contributed by atoms with Gasteiger partial charge in [0.15, 0.2) is 5.17 Å². The number of aliphatic imine (C=N–C) groups is 1. The minimum atomic E-state index is -0.452. The van der Waals surface area contributed by atoms with Gasteiger partial charge in [-0.05, 0) is 24.5 Å². The highest BCUT2D eigenvalue weighted by molar-refractivity contribution is 8.16. The second-order valence-electron chi connectivity index (χ2n) is 5.19. The Bertz CT molecular complexity index is 769. The third-order valence-corrected chi connectivity index (χ3v) is 4.65. The molecule has 0 radical (unpaired) electrons. The summed E-state index contributed by atoms with van der Waals surface area (Å²) >= 11 is 1.38. The van der Waals surface area contributed by atoms with Crippen LogP contribution in [-0.4, -0.2) is 34.1 Å². The van der Waals surface area contributed by atoms with E-state index in [0.29, 0.717) is 5.17 Å². The summed E-state index contributed by atoms with van der Waals surface area (Å²) in [5, 5.41) is 8.37. The van der Waals surface area contributed by atoms with Crippen molar-refractivity contribution in [1.29, 1.82) is 0 Å². The second-order valence-corrected chi connectivity index (χ2v) is 6.03. The average molecular weight is 312 g/mol. The fourth-order valence-corrected chi connectivity index (χ4v) is 3.70. The molecule has 7 heteroatoms. The van der Waals surface area contributed by atoms with Gasteiger partial charge < -0.3 is 4.90 Å². The summed E-state index contributed by atoms with van der Waals surface area (Å²) < 4.78 is 0. The molecule has 0 spiro atoms. The zero-order valence-electron chi connectivity index (χ0n) is 11.8. The van der Waals surface area contributed by atoms with Crippen molar-refractivity contribution in [2.45, 2.75) is 6.92 Å². The molecular weight excluding hydrogens is 300 g/mol. The van der Waals surface area contributed by atoms with Gasteiger partial charge in [0.25, 0.3) is 11.8 Å². The molecule has 0 N–H and O–H groups in total. The first kappa shape index (κ1) is 13.3. The Kier molecular flexibility index (Phi) is 2.90. The number of carbonyl (C=O) groups is 2. The van der Waals surface area contributed by atoms with E-state index in [0.717, 1.165) is 17.1 Å². The highest BCUT2D eigenvalue weighted by Gasteiger charge is 2.43. The minimum absolute atomic E-state index is 0.101. The van der Waals surface area contributed by atoms with Crippen LogP contribution in [0.15, 0.2) is 51.5 Å². The molecule has 3 heterocycles. The third kappa shape index (κ3) is 1.89. The molecule has 0 saturated heterocycles. The van der Waals surface area contributed by atoms with Gasteiger partial charge in [-0.25, -0.2) is 0 Å². The van der Waals surface area contributed by atoms with Crippen molar-refractivity contribution >= 4 is 40.1 Å². The summed E-state index contributed by atoms with van der Waals surface area (Å²) in [5.41, 5.74) is 2.26. The molecule has 0 aromatic heterocycles. The molecule has 2 amide bonds. The van der Waals surface area contributed by atoms with Crippen LogP contribution in [0.5, 0.6) is 0 Å². The standard InChI is InChI=1S/C15H12N4O2S/c1-9-13(11-8-22-15-16-12(20)7-18(11)15)14(21)19(17-9)10-5-3-2-4-6-10/h2-6,8,13H,7H2,1H3. The van der Waals surface area contributed by atoms with E-state index in [4.69, 9.17) is 0 Å². The number of thioether (sulfide) groups is 1. The van der Waals surface area contributed by atoms with Gasteiger partial charge in [0.05, 0.1) is 11.4 Å². The molecule has 1 atom stereocenters. The zero-order chi connectivity index (χ0) is 15.3. The highest BCUT2D eigenvalue weighted by atomic mass is 32.2. The lowest BCUT2D eigenvalue weighted by Crippen LogP contribution is -2.35. The van der Waals surface area contributed by atoms with Gasteiger partial charge in [-0.3, -0.25) is 9.59 Å². The monoisotopic (exact) mass is 312 g/mol. The summed E-state index contributed by atoms with van der Waals surface area (Å²) in [4.78, 5) is 30.0. The zero-order valence-corrected chi connectivity index (χ0v) is 12.6. The largest absolute Gasteiger partial charge is 0.313 e. The molecule has 0 aliphatic carbocycles. The maximum atomic E-state index is 12.8. The van der Waals surface area contributed by atoms with Gasteiger partial charge in [-0.15, -0.1) is 0 Å². The van der Waals surface area contributed by atoms with Crippen molar-refractivity contribution in [1.82, 2.24) is 4.90 Å². The Morgan fingerprint density at radius 3 is 2.77 bits per heavy atom. The molecule has 3 aliphatic rings. The summed E-state index contributed by atoms with van der Waals surface area (Å²) in [5.74, 6) is -0.726. The number of carbonyl (C=O) groups excluding carboxylic acids is 2. The van der Waals surface area contributed by atoms with E-state index in [2.05, 4.69) is 10.1 Å². The average Bonchev–Trinajstić information content (AvgIpc) is 3.14. The van der Waals surface area contributed by atoms with Gasteiger partial charge >= 0.3 is 0 Å². The molecule has 110 valence electrons. The molecule has 1 aromatic rings. The van der Waals surface area contributed by atoms with Gasteiger partial charge in [0.1, 0.15) is 12.5 Å². The normalized spacial score (nSPS) is 23.7. The Hall–Kier alpha value is -2.41. The van der Waals surface area contributed by atoms with E-state index in [-0.39, 0.29) is 18.4 Å². The van der Waals surface area contributed by atoms with Crippen LogP contribution in [0.25, 0.3) is 0 Å². The number of hydrogen-bond acceptors (Lipinski definition) is 5. The fourth-order valence-electron chi connectivity index (χ4n) is 2.76. The van der Waals surface area contributed by atoms with Gasteiger partial charge in [0.2, 0.25) is 0 Å². The van der Waals surface area contributed by atoms with Gasteiger partial charge in [0, 0.05) is 5.70 Å². The number of rotatable bonds is 2. The smallest absolute Gasteiger partial charge is 0.268 e. The fraction of sp³-hybridized carbons (Fsp3) is 0.200. The maximum absolute atomic E-state index is 12.8. The Morgan fingerprint density at radius 2 is 2.00 bits per heavy atom. The van der Waals surface area contributed by atoms with E-state index in [1.54, 1.807) is 0 Å². The first-order valence-electron chi connectivity index (χ1n) is 6.85. The highest BCUT2D eigenvalue weighted by Crippen LogP contribution is 2.37. The van der Waals surface area contributed by atoms with E-state index in [9.17, 15) is 9.59 Å². The first-order chi connectivity index (χ1) is 10.6. The number of amides is 2. The summed E-state index contributed by atoms with van der Waals surface area (Å²) in [6.45, 7) is 2.04. The molecule has 4 rings (SSSR count).